The molecule has 1 aromatic heterocycles. The molecule has 1 heterocycles. The first-order valence-electron chi connectivity index (χ1n) is 4.92. The Labute approximate surface area is 113 Å². The van der Waals surface area contributed by atoms with Gasteiger partial charge >= 0.3 is 0 Å². The summed E-state index contributed by atoms with van der Waals surface area (Å²) in [5.41, 5.74) is 7.35. The number of nitrogens with zero attached hydrogens (tertiary/aromatic N) is 1. The zero-order valence-electron chi connectivity index (χ0n) is 9.08. The fourth-order valence-electron chi connectivity index (χ4n) is 1.44. The van der Waals surface area contributed by atoms with E-state index in [1.165, 1.54) is 0 Å². The summed E-state index contributed by atoms with van der Waals surface area (Å²) in [6, 6.07) is 7.16. The van der Waals surface area contributed by atoms with E-state index in [2.05, 4.69) is 20.9 Å². The molecule has 0 aliphatic rings. The molecule has 0 amide bonds. The monoisotopic (exact) mass is 312 g/mol. The number of hydrogen-bond acceptors (Lipinski definition) is 3. The maximum absolute atomic E-state index is 5.97. The summed E-state index contributed by atoms with van der Waals surface area (Å²) in [7, 11) is 0. The van der Waals surface area contributed by atoms with Gasteiger partial charge in [0.05, 0.1) is 5.69 Å². The van der Waals surface area contributed by atoms with Crippen LogP contribution in [0.25, 0.3) is 0 Å². The SMILES string of the molecule is Cc1cc(Br)cc(N)c1Oc1ncccc1Cl. The molecular formula is C12H10BrClN2O. The molecular weight excluding hydrogens is 304 g/mol. The molecule has 2 rings (SSSR count). The molecule has 0 radical (unpaired) electrons. The lowest BCUT2D eigenvalue weighted by Crippen LogP contribution is -1.96. The van der Waals surface area contributed by atoms with Crippen molar-refractivity contribution >= 4 is 33.2 Å². The van der Waals surface area contributed by atoms with Crippen molar-refractivity contribution in [3.05, 3.63) is 45.5 Å². The predicted octanol–water partition coefficient (Wildman–Crippen LogP) is 4.18. The van der Waals surface area contributed by atoms with Crippen molar-refractivity contribution in [3.63, 3.8) is 0 Å². The van der Waals surface area contributed by atoms with Crippen molar-refractivity contribution in [2.75, 3.05) is 5.73 Å². The number of ether oxygens (including phenoxy) is 1. The van der Waals surface area contributed by atoms with E-state index < -0.39 is 0 Å². The van der Waals surface area contributed by atoms with E-state index >= 15 is 0 Å². The number of halogens is 2. The molecule has 0 aliphatic carbocycles. The normalized spacial score (nSPS) is 10.3. The molecule has 2 aromatic rings. The average molecular weight is 314 g/mol. The lowest BCUT2D eigenvalue weighted by molar-refractivity contribution is 0.462. The fraction of sp³-hybridized carbons (Fsp3) is 0.0833. The van der Waals surface area contributed by atoms with Crippen LogP contribution in [0.4, 0.5) is 5.69 Å². The summed E-state index contributed by atoms with van der Waals surface area (Å²) < 4.78 is 6.55. The molecule has 0 saturated carbocycles. The number of benzene rings is 1. The van der Waals surface area contributed by atoms with Gasteiger partial charge in [-0.1, -0.05) is 27.5 Å². The Bertz CT molecular complexity index is 537. The van der Waals surface area contributed by atoms with E-state index in [1.807, 2.05) is 13.0 Å². The van der Waals surface area contributed by atoms with Crippen LogP contribution in [-0.2, 0) is 0 Å². The summed E-state index contributed by atoms with van der Waals surface area (Å²) in [5.74, 6) is 0.931. The summed E-state index contributed by atoms with van der Waals surface area (Å²) in [6.07, 6.45) is 1.62. The number of rotatable bonds is 2. The number of nitrogen functional groups attached to an aromatic ring is 1. The van der Waals surface area contributed by atoms with Crippen LogP contribution in [0.2, 0.25) is 5.02 Å². The third kappa shape index (κ3) is 2.70. The molecule has 0 atom stereocenters. The van der Waals surface area contributed by atoms with Gasteiger partial charge in [0, 0.05) is 10.7 Å². The van der Waals surface area contributed by atoms with Gasteiger partial charge in [0.1, 0.15) is 5.02 Å². The predicted molar refractivity (Wildman–Crippen MR) is 72.6 cm³/mol. The molecule has 2 N–H and O–H groups in total. The maximum Gasteiger partial charge on any atom is 0.238 e. The van der Waals surface area contributed by atoms with Crippen LogP contribution in [0.1, 0.15) is 5.56 Å². The second-order valence-electron chi connectivity index (χ2n) is 3.53. The van der Waals surface area contributed by atoms with E-state index in [0.717, 1.165) is 10.0 Å². The Balaban J connectivity index is 2.40. The van der Waals surface area contributed by atoms with Crippen molar-refractivity contribution in [1.82, 2.24) is 4.98 Å². The summed E-state index contributed by atoms with van der Waals surface area (Å²) in [5, 5.41) is 0.453. The molecule has 0 spiro atoms. The number of pyridine rings is 1. The minimum absolute atomic E-state index is 0.353. The largest absolute Gasteiger partial charge is 0.435 e. The lowest BCUT2D eigenvalue weighted by atomic mass is 10.2. The van der Waals surface area contributed by atoms with Crippen molar-refractivity contribution in [2.45, 2.75) is 6.92 Å². The maximum atomic E-state index is 5.97. The van der Waals surface area contributed by atoms with Gasteiger partial charge < -0.3 is 10.5 Å². The van der Waals surface area contributed by atoms with Gasteiger partial charge in [0.25, 0.3) is 0 Å². The fourth-order valence-corrected chi connectivity index (χ4v) is 2.19. The van der Waals surface area contributed by atoms with Crippen LogP contribution >= 0.6 is 27.5 Å². The Morgan fingerprint density at radius 3 is 2.82 bits per heavy atom. The van der Waals surface area contributed by atoms with Crippen molar-refractivity contribution in [1.29, 1.82) is 0 Å². The molecule has 3 nitrogen and oxygen atoms in total. The molecule has 0 fully saturated rings. The molecule has 5 heteroatoms. The van der Waals surface area contributed by atoms with Crippen molar-refractivity contribution in [3.8, 4) is 11.6 Å². The van der Waals surface area contributed by atoms with Crippen LogP contribution in [0.15, 0.2) is 34.9 Å². The molecule has 0 saturated heterocycles. The van der Waals surface area contributed by atoms with Crippen LogP contribution in [0.5, 0.6) is 11.6 Å². The second-order valence-corrected chi connectivity index (χ2v) is 4.86. The van der Waals surface area contributed by atoms with E-state index in [0.29, 0.717) is 22.3 Å². The quantitative estimate of drug-likeness (QED) is 0.846. The van der Waals surface area contributed by atoms with Gasteiger partial charge in [-0.25, -0.2) is 4.98 Å². The van der Waals surface area contributed by atoms with E-state index in [-0.39, 0.29) is 0 Å². The number of aryl methyl sites for hydroxylation is 1. The zero-order valence-corrected chi connectivity index (χ0v) is 11.4. The van der Waals surface area contributed by atoms with Crippen molar-refractivity contribution < 1.29 is 4.74 Å². The highest BCUT2D eigenvalue weighted by molar-refractivity contribution is 9.10. The standard InChI is InChI=1S/C12H10BrClN2O/c1-7-5-8(13)6-10(15)11(7)17-12-9(14)3-2-4-16-12/h2-6H,15H2,1H3. The first-order chi connectivity index (χ1) is 8.08. The van der Waals surface area contributed by atoms with Gasteiger partial charge in [-0.05, 0) is 36.8 Å². The average Bonchev–Trinajstić information content (AvgIpc) is 2.25. The molecule has 0 bridgehead atoms. The molecule has 1 aromatic carbocycles. The number of hydrogen-bond donors (Lipinski definition) is 1. The van der Waals surface area contributed by atoms with Crippen molar-refractivity contribution in [2.24, 2.45) is 0 Å². The highest BCUT2D eigenvalue weighted by Crippen LogP contribution is 2.35. The smallest absolute Gasteiger partial charge is 0.238 e. The van der Waals surface area contributed by atoms with E-state index in [9.17, 15) is 0 Å². The second kappa shape index (κ2) is 4.94. The lowest BCUT2D eigenvalue weighted by Gasteiger charge is -2.11. The van der Waals surface area contributed by atoms with Gasteiger partial charge in [-0.2, -0.15) is 0 Å². The minimum Gasteiger partial charge on any atom is -0.435 e. The zero-order chi connectivity index (χ0) is 12.4. The van der Waals surface area contributed by atoms with Gasteiger partial charge in [-0.15, -0.1) is 0 Å². The van der Waals surface area contributed by atoms with Gasteiger partial charge in [0.15, 0.2) is 5.75 Å². The highest BCUT2D eigenvalue weighted by atomic mass is 79.9. The van der Waals surface area contributed by atoms with Crippen LogP contribution < -0.4 is 10.5 Å². The summed E-state index contributed by atoms with van der Waals surface area (Å²) >= 11 is 9.34. The van der Waals surface area contributed by atoms with Crippen LogP contribution in [-0.4, -0.2) is 4.98 Å². The van der Waals surface area contributed by atoms with Crippen LogP contribution in [0.3, 0.4) is 0 Å². The Kier molecular flexibility index (Phi) is 3.54. The molecule has 17 heavy (non-hydrogen) atoms. The number of nitrogens with two attached hydrogens (primary N) is 1. The molecule has 0 unspecified atom stereocenters. The Hall–Kier alpha value is -1.26. The Morgan fingerprint density at radius 1 is 1.41 bits per heavy atom. The first-order valence-corrected chi connectivity index (χ1v) is 6.09. The molecule has 0 aliphatic heterocycles. The van der Waals surface area contributed by atoms with E-state index in [4.69, 9.17) is 22.1 Å². The van der Waals surface area contributed by atoms with Gasteiger partial charge in [0.2, 0.25) is 5.88 Å². The third-order valence-electron chi connectivity index (χ3n) is 2.19. The Morgan fingerprint density at radius 2 is 2.18 bits per heavy atom. The molecule has 88 valence electrons. The number of aromatic nitrogens is 1. The van der Waals surface area contributed by atoms with Crippen LogP contribution in [0, 0.1) is 6.92 Å². The third-order valence-corrected chi connectivity index (χ3v) is 2.94. The summed E-state index contributed by atoms with van der Waals surface area (Å²) in [4.78, 5) is 4.06. The topological polar surface area (TPSA) is 48.1 Å². The van der Waals surface area contributed by atoms with E-state index in [1.54, 1.807) is 24.4 Å². The van der Waals surface area contributed by atoms with Gasteiger partial charge in [-0.3, -0.25) is 0 Å². The number of anilines is 1. The first kappa shape index (κ1) is 12.2. The summed E-state index contributed by atoms with van der Waals surface area (Å²) in [6.45, 7) is 1.91. The highest BCUT2D eigenvalue weighted by Gasteiger charge is 2.10. The minimum atomic E-state index is 0.353.